The molecule has 1 saturated heterocycles. The van der Waals surface area contributed by atoms with Crippen molar-refractivity contribution in [1.82, 2.24) is 0 Å². The molecule has 11 fully saturated rings. The third kappa shape index (κ3) is 17.2. The van der Waals surface area contributed by atoms with Crippen LogP contribution in [0.4, 0.5) is 0 Å². The molecule has 0 spiro atoms. The number of rotatable bonds is 20. The van der Waals surface area contributed by atoms with E-state index in [1.807, 2.05) is 42.1 Å². The number of methoxy groups -OCH3 is 4. The Morgan fingerprint density at radius 2 is 0.816 bits per heavy atom. The Kier molecular flexibility index (Phi) is 28.8. The third-order valence-corrected chi connectivity index (χ3v) is 33.9. The third-order valence-electron chi connectivity index (χ3n) is 33.9. The number of ether oxygens (including phenoxy) is 5. The van der Waals surface area contributed by atoms with E-state index in [4.69, 9.17) is 23.7 Å². The predicted octanol–water partition coefficient (Wildman–Crippen LogP) is 21.0. The summed E-state index contributed by atoms with van der Waals surface area (Å²) < 4.78 is 27.5. The predicted molar refractivity (Wildman–Crippen MR) is 423 cm³/mol. The molecule has 0 bridgehead atoms. The Labute approximate surface area is 632 Å². The number of carbonyl (C=O) groups is 1. The molecule has 10 saturated carbocycles. The summed E-state index contributed by atoms with van der Waals surface area (Å²) in [4.78, 5) is 11.7. The largest absolute Gasteiger partial charge is 0.469 e. The highest BCUT2D eigenvalue weighted by atomic mass is 16.5. The number of aliphatic hydroxyl groups is 5. The van der Waals surface area contributed by atoms with Gasteiger partial charge in [0.15, 0.2) is 0 Å². The molecule has 0 aromatic carbocycles. The molecular weight excluding hydrogens is 1280 g/mol. The van der Waals surface area contributed by atoms with Crippen LogP contribution in [-0.4, -0.2) is 121 Å². The molecule has 14 aliphatic rings. The fourth-order valence-electron chi connectivity index (χ4n) is 27.9. The Hall–Kier alpha value is -1.67. The lowest BCUT2D eigenvalue weighted by Crippen LogP contribution is -2.54. The Bertz CT molecular complexity index is 2820. The van der Waals surface area contributed by atoms with Crippen LogP contribution in [0.1, 0.15) is 330 Å². The van der Waals surface area contributed by atoms with Gasteiger partial charge >= 0.3 is 5.97 Å². The molecule has 11 nitrogen and oxygen atoms in total. The molecule has 24 atom stereocenters. The summed E-state index contributed by atoms with van der Waals surface area (Å²) in [7, 11) is 7.09. The lowest BCUT2D eigenvalue weighted by Gasteiger charge is -2.60. The highest BCUT2D eigenvalue weighted by Gasteiger charge is 2.65. The van der Waals surface area contributed by atoms with E-state index in [1.54, 1.807) is 0 Å². The molecule has 0 radical (unpaired) electrons. The second-order valence-electron chi connectivity index (χ2n) is 39.6. The van der Waals surface area contributed by atoms with Gasteiger partial charge in [0.1, 0.15) is 0 Å². The van der Waals surface area contributed by atoms with Crippen molar-refractivity contribution in [3.8, 4) is 0 Å². The van der Waals surface area contributed by atoms with Crippen LogP contribution in [0, 0.1) is 121 Å². The second-order valence-corrected chi connectivity index (χ2v) is 39.6. The average Bonchev–Trinajstić information content (AvgIpc) is 1.71. The van der Waals surface area contributed by atoms with Gasteiger partial charge in [-0.25, -0.2) is 0 Å². The van der Waals surface area contributed by atoms with Crippen molar-refractivity contribution in [3.63, 3.8) is 0 Å². The van der Waals surface area contributed by atoms with Crippen molar-refractivity contribution in [1.29, 1.82) is 0 Å². The molecule has 5 N–H and O–H groups in total. The van der Waals surface area contributed by atoms with E-state index in [0.29, 0.717) is 52.3 Å². The van der Waals surface area contributed by atoms with E-state index in [0.717, 1.165) is 201 Å². The summed E-state index contributed by atoms with van der Waals surface area (Å²) in [5.74, 6) is 11.0. The quantitative estimate of drug-likeness (QED) is 0.0582. The maximum absolute atomic E-state index is 11.7. The lowest BCUT2D eigenvalue weighted by atomic mass is 9.46. The van der Waals surface area contributed by atoms with Crippen LogP contribution < -0.4 is 0 Å². The number of hydrogen-bond donors (Lipinski definition) is 5. The summed E-state index contributed by atoms with van der Waals surface area (Å²) in [6.07, 6.45) is 47.8. The lowest BCUT2D eigenvalue weighted by molar-refractivity contribution is -0.141. The number of carbonyl (C=O) groups excluding carboxylic acids is 1. The van der Waals surface area contributed by atoms with Crippen LogP contribution in [-0.2, 0) is 28.5 Å². The summed E-state index contributed by atoms with van der Waals surface area (Å²) in [5.41, 5.74) is 3.82. The molecule has 103 heavy (non-hydrogen) atoms. The van der Waals surface area contributed by atoms with Gasteiger partial charge in [0.05, 0.1) is 54.9 Å². The zero-order valence-corrected chi connectivity index (χ0v) is 66.6. The van der Waals surface area contributed by atoms with Gasteiger partial charge in [-0.3, -0.25) is 4.79 Å². The van der Waals surface area contributed by atoms with Crippen molar-refractivity contribution in [3.05, 3.63) is 34.9 Å². The number of hydrogen-bond acceptors (Lipinski definition) is 11. The number of esters is 1. The summed E-state index contributed by atoms with van der Waals surface area (Å²) in [6.45, 7) is 29.9. The first-order chi connectivity index (χ1) is 47.3. The molecule has 11 heteroatoms. The zero-order valence-electron chi connectivity index (χ0n) is 66.6. The Morgan fingerprint density at radius 1 is 0.476 bits per heavy atom. The van der Waals surface area contributed by atoms with Crippen molar-refractivity contribution in [2.75, 3.05) is 61.5 Å². The van der Waals surface area contributed by atoms with Crippen LogP contribution >= 0.6 is 0 Å². The van der Waals surface area contributed by atoms with Gasteiger partial charge in [-0.1, -0.05) is 113 Å². The summed E-state index contributed by atoms with van der Waals surface area (Å²) in [5, 5.41) is 53.6. The fourth-order valence-corrected chi connectivity index (χ4v) is 27.9. The molecule has 1 aliphatic heterocycles. The fraction of sp³-hybridized carbons (Fsp3) is 0.924. The van der Waals surface area contributed by atoms with Crippen LogP contribution in [0.2, 0.25) is 0 Å². The molecular formula is C92H162O11. The van der Waals surface area contributed by atoms with Gasteiger partial charge in [0.2, 0.25) is 0 Å². The maximum atomic E-state index is 11.7. The van der Waals surface area contributed by atoms with Crippen molar-refractivity contribution < 1.29 is 54.0 Å². The van der Waals surface area contributed by atoms with Crippen molar-refractivity contribution >= 4 is 5.97 Å². The molecule has 0 aromatic heterocycles. The minimum atomic E-state index is -0.563. The molecule has 13 aliphatic carbocycles. The zero-order chi connectivity index (χ0) is 72.1. The highest BCUT2D eigenvalue weighted by Crippen LogP contribution is 2.72. The average molecular weight is 1440 g/mol. The van der Waals surface area contributed by atoms with Gasteiger partial charge in [0, 0.05) is 57.2 Å². The van der Waals surface area contributed by atoms with Crippen LogP contribution in [0.5, 0.6) is 0 Å². The van der Waals surface area contributed by atoms with E-state index in [1.165, 1.54) is 139 Å². The molecule has 0 aromatic rings. The van der Waals surface area contributed by atoms with Gasteiger partial charge in [0.25, 0.3) is 0 Å². The first-order valence-electron chi connectivity index (χ1n) is 42.2. The molecule has 0 unspecified atom stereocenters. The van der Waals surface area contributed by atoms with E-state index >= 15 is 0 Å². The number of allylic oxidation sites excluding steroid dienone is 3. The van der Waals surface area contributed by atoms with Gasteiger partial charge < -0.3 is 49.2 Å². The van der Waals surface area contributed by atoms with E-state index < -0.39 is 22.4 Å². The summed E-state index contributed by atoms with van der Waals surface area (Å²) in [6, 6.07) is 0. The number of fused-ring (bicyclic) bond motifs is 15. The minimum Gasteiger partial charge on any atom is -0.469 e. The monoisotopic (exact) mass is 1440 g/mol. The second kappa shape index (κ2) is 34.1. The van der Waals surface area contributed by atoms with Gasteiger partial charge in [-0.2, -0.15) is 0 Å². The molecule has 1 heterocycles. The van der Waals surface area contributed by atoms with E-state index in [9.17, 15) is 30.3 Å². The summed E-state index contributed by atoms with van der Waals surface area (Å²) >= 11 is 0. The first-order valence-corrected chi connectivity index (χ1v) is 42.2. The Balaban J connectivity index is 0.000000186. The van der Waals surface area contributed by atoms with E-state index in [2.05, 4.69) is 73.6 Å². The topological polar surface area (TPSA) is 164 Å². The first kappa shape index (κ1) is 86.9. The molecule has 596 valence electrons. The molecule has 0 amide bonds. The SMILES string of the molecule is C.C.C.C1CCOC1.CCC(O)(CC)CC[C@@H](C)[C@H]1CC[C@H]2[C@@H]3CC=C4C[C@@](C)(O)CC[C@]4(COC)[C@H]3CC[C@]12C.COC[C@]12CC[C@](C)(O)CC1=CC[C@@H]1[C@@H]2CC[C@]2(C)[C@@H]([C@H](C)CCC(=O)OC)CC[C@@H]12.COC[C@]12CC[C@](C)(O)CC1=CC[C@@H]1[C@@H]2CC[C@]2(C)[C@@H]([C@H](C)CCC3(O)CC3)CC[C@@H]12. The van der Waals surface area contributed by atoms with Crippen LogP contribution in [0.25, 0.3) is 0 Å². The standard InChI is InChI=1S/C30H52O3.C28H46O3.C27H44O4.C4H8O.3CH4/c1-7-29(32,8-2)16-13-21(3)24-11-12-25-23-10-9-22-19-27(4,31)17-18-30(22,20-33-6)26(23)14-15-28(24,25)5;1-19(9-12-27(30)14-15-27)22-7-8-23-21-6-5-20-17-25(2,29)13-16-28(20,18-31-4)24(21)10-11-26(22,23)3;1-18(6-11-24(28)31-5)21-9-10-22-20-8-7-19-16-25(2,29)14-15-27(19,17-30-4)23(20)12-13-26(21,22)3;1-2-4-5-3-1;;;/h9,21,23-26,31-32H,7-8,10-20H2,1-6H3;5,19,21-24,29-30H,6-18H2,1-4H3;7,18,20-23,29H,6,8-17H2,1-5H3;1-4H2;3*1H4/t21-,23+,24-,25+,26+,27+,28-,30-;19-,21+,22-,23+,24+,25+,26-,28-;18-,20+,21-,22+,23+,25+,26-,27-;;;;/m111..../s1. The normalized spacial score (nSPS) is 43.6. The van der Waals surface area contributed by atoms with Crippen LogP contribution in [0.3, 0.4) is 0 Å². The van der Waals surface area contributed by atoms with E-state index in [-0.39, 0.29) is 50.1 Å². The van der Waals surface area contributed by atoms with Gasteiger partial charge in [-0.05, 0) is 351 Å². The molecule has 14 rings (SSSR count). The van der Waals surface area contributed by atoms with Crippen molar-refractivity contribution in [2.45, 2.75) is 358 Å². The minimum absolute atomic E-state index is 0. The van der Waals surface area contributed by atoms with Crippen molar-refractivity contribution in [2.24, 2.45) is 121 Å². The smallest absolute Gasteiger partial charge is 0.305 e. The Morgan fingerprint density at radius 3 is 1.12 bits per heavy atom. The van der Waals surface area contributed by atoms with Gasteiger partial charge in [-0.15, -0.1) is 0 Å². The van der Waals surface area contributed by atoms with Crippen LogP contribution in [0.15, 0.2) is 34.9 Å². The maximum Gasteiger partial charge on any atom is 0.305 e. The highest BCUT2D eigenvalue weighted by molar-refractivity contribution is 5.69.